The molecule has 1 fully saturated rings. The van der Waals surface area contributed by atoms with Crippen LogP contribution < -0.4 is 5.32 Å². The summed E-state index contributed by atoms with van der Waals surface area (Å²) in [6.07, 6.45) is 3.41. The number of rotatable bonds is 3. The maximum Gasteiger partial charge on any atom is 0.276 e. The van der Waals surface area contributed by atoms with Crippen molar-refractivity contribution in [3.63, 3.8) is 0 Å². The molecule has 2 aromatic carbocycles. The molecule has 0 radical (unpaired) electrons. The molecule has 0 spiro atoms. The van der Waals surface area contributed by atoms with Crippen LogP contribution in [-0.4, -0.2) is 15.7 Å². The largest absolute Gasteiger partial charge is 0.321 e. The van der Waals surface area contributed by atoms with Crippen LogP contribution in [0.4, 0.5) is 5.69 Å². The summed E-state index contributed by atoms with van der Waals surface area (Å²) in [4.78, 5) is 13.0. The maximum atomic E-state index is 13.0. The third kappa shape index (κ3) is 2.84. The molecular formula is C21H17Cl2N3O. The van der Waals surface area contributed by atoms with E-state index < -0.39 is 0 Å². The first-order valence-electron chi connectivity index (χ1n) is 9.06. The molecule has 2 atom stereocenters. The van der Waals surface area contributed by atoms with Crippen molar-refractivity contribution in [2.45, 2.75) is 31.1 Å². The van der Waals surface area contributed by atoms with Gasteiger partial charge < -0.3 is 5.32 Å². The summed E-state index contributed by atoms with van der Waals surface area (Å²) in [6, 6.07) is 14.7. The van der Waals surface area contributed by atoms with Crippen LogP contribution in [0, 0.1) is 0 Å². The van der Waals surface area contributed by atoms with Crippen LogP contribution in [0.1, 0.15) is 52.8 Å². The van der Waals surface area contributed by atoms with Crippen molar-refractivity contribution in [2.75, 3.05) is 5.32 Å². The summed E-state index contributed by atoms with van der Waals surface area (Å²) < 4.78 is 1.94. The number of hydrogen-bond acceptors (Lipinski definition) is 2. The number of aromatic nitrogens is 2. The molecule has 1 N–H and O–H groups in total. The highest BCUT2D eigenvalue weighted by molar-refractivity contribution is 6.30. The van der Waals surface area contributed by atoms with Crippen LogP contribution in [-0.2, 0) is 0 Å². The minimum absolute atomic E-state index is 0.172. The minimum atomic E-state index is -0.172. The van der Waals surface area contributed by atoms with Gasteiger partial charge in [0.25, 0.3) is 5.91 Å². The molecule has 136 valence electrons. The Bertz CT molecular complexity index is 1020. The maximum absolute atomic E-state index is 13.0. The van der Waals surface area contributed by atoms with Gasteiger partial charge in [-0.15, -0.1) is 0 Å². The first-order valence-corrected chi connectivity index (χ1v) is 9.81. The van der Waals surface area contributed by atoms with Gasteiger partial charge in [0.05, 0.1) is 11.4 Å². The summed E-state index contributed by atoms with van der Waals surface area (Å²) in [5, 5.41) is 9.00. The number of hydrogen-bond donors (Lipinski definition) is 1. The lowest BCUT2D eigenvalue weighted by atomic mass is 9.95. The number of anilines is 1. The molecule has 2 bridgehead atoms. The SMILES string of the molecule is O=C(Nc1ccc(Cl)cc1)c1nn(-c2ccc(Cl)cc2)c2c1[C@H]1CC[C@H]2C1. The van der Waals surface area contributed by atoms with Crippen molar-refractivity contribution in [2.24, 2.45) is 0 Å². The van der Waals surface area contributed by atoms with Gasteiger partial charge in [0, 0.05) is 27.2 Å². The molecule has 0 aliphatic heterocycles. The van der Waals surface area contributed by atoms with Gasteiger partial charge in [0.1, 0.15) is 0 Å². The van der Waals surface area contributed by atoms with Gasteiger partial charge >= 0.3 is 0 Å². The highest BCUT2D eigenvalue weighted by Gasteiger charge is 2.44. The van der Waals surface area contributed by atoms with Gasteiger partial charge in [-0.25, -0.2) is 4.68 Å². The Hall–Kier alpha value is -2.30. The van der Waals surface area contributed by atoms with E-state index >= 15 is 0 Å². The number of carbonyl (C=O) groups excluding carboxylic acids is 1. The van der Waals surface area contributed by atoms with E-state index in [0.717, 1.165) is 30.5 Å². The lowest BCUT2D eigenvalue weighted by Gasteiger charge is -2.14. The topological polar surface area (TPSA) is 46.9 Å². The second-order valence-electron chi connectivity index (χ2n) is 7.20. The Balaban J connectivity index is 1.56. The molecule has 1 amide bonds. The average molecular weight is 398 g/mol. The second-order valence-corrected chi connectivity index (χ2v) is 8.08. The fraction of sp³-hybridized carbons (Fsp3) is 0.238. The molecule has 1 saturated carbocycles. The Kier molecular flexibility index (Phi) is 3.99. The molecular weight excluding hydrogens is 381 g/mol. The Morgan fingerprint density at radius 1 is 0.963 bits per heavy atom. The number of carbonyl (C=O) groups is 1. The van der Waals surface area contributed by atoms with Crippen LogP contribution in [0.25, 0.3) is 5.69 Å². The monoisotopic (exact) mass is 397 g/mol. The molecule has 6 heteroatoms. The van der Waals surface area contributed by atoms with Crippen LogP contribution in [0.3, 0.4) is 0 Å². The van der Waals surface area contributed by atoms with E-state index in [1.165, 1.54) is 5.69 Å². The van der Waals surface area contributed by atoms with E-state index in [2.05, 4.69) is 5.32 Å². The molecule has 2 aliphatic rings. The molecule has 0 unspecified atom stereocenters. The average Bonchev–Trinajstić information content (AvgIpc) is 3.36. The van der Waals surface area contributed by atoms with Crippen molar-refractivity contribution < 1.29 is 4.79 Å². The summed E-state index contributed by atoms with van der Waals surface area (Å²) in [6.45, 7) is 0. The zero-order chi connectivity index (χ0) is 18.5. The highest BCUT2D eigenvalue weighted by atomic mass is 35.5. The molecule has 0 saturated heterocycles. The summed E-state index contributed by atoms with van der Waals surface area (Å²) >= 11 is 12.0. The van der Waals surface area contributed by atoms with E-state index in [1.54, 1.807) is 24.3 Å². The first-order chi connectivity index (χ1) is 13.1. The van der Waals surface area contributed by atoms with Crippen molar-refractivity contribution >= 4 is 34.8 Å². The molecule has 2 aliphatic carbocycles. The molecule has 3 aromatic rings. The predicted octanol–water partition coefficient (Wildman–Crippen LogP) is 5.80. The lowest BCUT2D eigenvalue weighted by molar-refractivity contribution is 0.102. The minimum Gasteiger partial charge on any atom is -0.321 e. The summed E-state index contributed by atoms with van der Waals surface area (Å²) in [7, 11) is 0. The van der Waals surface area contributed by atoms with Crippen molar-refractivity contribution in [1.29, 1.82) is 0 Å². The Labute approximate surface area is 167 Å². The van der Waals surface area contributed by atoms with Crippen LogP contribution >= 0.6 is 23.2 Å². The fourth-order valence-electron chi connectivity index (χ4n) is 4.40. The standard InChI is InChI=1S/C21H17Cl2N3O/c22-14-3-7-16(8-4-14)24-21(27)19-18-12-1-2-13(11-12)20(18)26(25-19)17-9-5-15(23)6-10-17/h3-10,12-13H,1-2,11H2,(H,24,27)/t12-,13-/m0/s1. The Morgan fingerprint density at radius 2 is 1.59 bits per heavy atom. The van der Waals surface area contributed by atoms with E-state index in [1.807, 2.05) is 28.9 Å². The van der Waals surface area contributed by atoms with Gasteiger partial charge in [0.2, 0.25) is 0 Å². The number of fused-ring (bicyclic) bond motifs is 5. The van der Waals surface area contributed by atoms with Gasteiger partial charge in [-0.2, -0.15) is 5.10 Å². The van der Waals surface area contributed by atoms with Gasteiger partial charge in [-0.3, -0.25) is 4.79 Å². The van der Waals surface area contributed by atoms with E-state index in [9.17, 15) is 4.79 Å². The predicted molar refractivity (Wildman–Crippen MR) is 107 cm³/mol. The normalized spacial score (nSPS) is 19.9. The number of amides is 1. The molecule has 27 heavy (non-hydrogen) atoms. The second kappa shape index (κ2) is 6.39. The Morgan fingerprint density at radius 3 is 2.30 bits per heavy atom. The molecule has 1 aromatic heterocycles. The van der Waals surface area contributed by atoms with Crippen LogP contribution in [0.2, 0.25) is 10.0 Å². The van der Waals surface area contributed by atoms with Crippen molar-refractivity contribution in [3.8, 4) is 5.69 Å². The van der Waals surface area contributed by atoms with E-state index in [0.29, 0.717) is 33.3 Å². The zero-order valence-corrected chi connectivity index (χ0v) is 16.0. The number of nitrogens with zero attached hydrogens (tertiary/aromatic N) is 2. The first kappa shape index (κ1) is 16.8. The van der Waals surface area contributed by atoms with E-state index in [4.69, 9.17) is 28.3 Å². The number of halogens is 2. The van der Waals surface area contributed by atoms with Crippen LogP contribution in [0.15, 0.2) is 48.5 Å². The summed E-state index contributed by atoms with van der Waals surface area (Å²) in [5.41, 5.74) is 4.49. The van der Waals surface area contributed by atoms with Crippen molar-refractivity contribution in [1.82, 2.24) is 9.78 Å². The third-order valence-corrected chi connectivity index (χ3v) is 6.08. The third-order valence-electron chi connectivity index (χ3n) is 5.58. The summed E-state index contributed by atoms with van der Waals surface area (Å²) in [5.74, 6) is 0.733. The number of benzene rings is 2. The smallest absolute Gasteiger partial charge is 0.276 e. The molecule has 5 rings (SSSR count). The number of nitrogens with one attached hydrogen (secondary N) is 1. The lowest BCUT2D eigenvalue weighted by Crippen LogP contribution is -2.15. The van der Waals surface area contributed by atoms with Gasteiger partial charge in [-0.1, -0.05) is 23.2 Å². The van der Waals surface area contributed by atoms with Gasteiger partial charge in [0.15, 0.2) is 5.69 Å². The molecule has 4 nitrogen and oxygen atoms in total. The van der Waals surface area contributed by atoms with E-state index in [-0.39, 0.29) is 5.91 Å². The zero-order valence-electron chi connectivity index (χ0n) is 14.5. The molecule has 1 heterocycles. The van der Waals surface area contributed by atoms with Crippen molar-refractivity contribution in [3.05, 3.63) is 75.5 Å². The van der Waals surface area contributed by atoms with Crippen LogP contribution in [0.5, 0.6) is 0 Å². The quantitative estimate of drug-likeness (QED) is 0.607. The highest BCUT2D eigenvalue weighted by Crippen LogP contribution is 2.54. The fourth-order valence-corrected chi connectivity index (χ4v) is 4.65. The van der Waals surface area contributed by atoms with Gasteiger partial charge in [-0.05, 0) is 73.7 Å².